The predicted octanol–water partition coefficient (Wildman–Crippen LogP) is 3.76. The zero-order valence-corrected chi connectivity index (χ0v) is 11.7. The van der Waals surface area contributed by atoms with Crippen LogP contribution in [0.1, 0.15) is 22.8 Å². The quantitative estimate of drug-likeness (QED) is 0.787. The Morgan fingerprint density at radius 1 is 1.05 bits per heavy atom. The van der Waals surface area contributed by atoms with Crippen molar-refractivity contribution < 1.29 is 23.0 Å². The van der Waals surface area contributed by atoms with Gasteiger partial charge >= 0.3 is 0 Å². The number of ether oxygens (including phenoxy) is 2. The molecular weight excluding hydrogens is 278 g/mol. The third kappa shape index (κ3) is 3.56. The Hall–Kier alpha value is -2.43. The number of carbonyl (C=O) groups excluding carboxylic acids is 1. The molecule has 5 heteroatoms. The fraction of sp³-hybridized carbons (Fsp3) is 0.188. The maximum Gasteiger partial charge on any atom is 0.161 e. The molecule has 0 aliphatic rings. The van der Waals surface area contributed by atoms with Crippen molar-refractivity contribution in [2.45, 2.75) is 13.5 Å². The zero-order valence-electron chi connectivity index (χ0n) is 11.7. The summed E-state index contributed by atoms with van der Waals surface area (Å²) in [5, 5.41) is 0. The number of hydrogen-bond donors (Lipinski definition) is 0. The van der Waals surface area contributed by atoms with Gasteiger partial charge in [0.2, 0.25) is 0 Å². The fourth-order valence-electron chi connectivity index (χ4n) is 1.80. The van der Waals surface area contributed by atoms with Gasteiger partial charge in [-0.2, -0.15) is 0 Å². The molecule has 0 fully saturated rings. The van der Waals surface area contributed by atoms with E-state index in [2.05, 4.69) is 0 Å². The van der Waals surface area contributed by atoms with Gasteiger partial charge in [-0.1, -0.05) is 6.07 Å². The molecule has 3 nitrogen and oxygen atoms in total. The van der Waals surface area contributed by atoms with Crippen LogP contribution in [0, 0.1) is 11.6 Å². The lowest BCUT2D eigenvalue weighted by atomic mass is 10.1. The van der Waals surface area contributed by atoms with Crippen molar-refractivity contribution in [3.63, 3.8) is 0 Å². The van der Waals surface area contributed by atoms with Gasteiger partial charge in [0.1, 0.15) is 6.61 Å². The van der Waals surface area contributed by atoms with Crippen LogP contribution in [0.15, 0.2) is 36.4 Å². The zero-order chi connectivity index (χ0) is 15.4. The highest BCUT2D eigenvalue weighted by Crippen LogP contribution is 2.29. The van der Waals surface area contributed by atoms with Crippen molar-refractivity contribution >= 4 is 5.78 Å². The van der Waals surface area contributed by atoms with Gasteiger partial charge in [0.05, 0.1) is 7.11 Å². The molecule has 0 unspecified atom stereocenters. The number of ketones is 1. The average molecular weight is 292 g/mol. The fourth-order valence-corrected chi connectivity index (χ4v) is 1.80. The number of halogens is 2. The van der Waals surface area contributed by atoms with Gasteiger partial charge in [0.15, 0.2) is 28.9 Å². The lowest BCUT2D eigenvalue weighted by Crippen LogP contribution is -2.00. The Morgan fingerprint density at radius 2 is 1.81 bits per heavy atom. The predicted molar refractivity (Wildman–Crippen MR) is 73.7 cm³/mol. The number of Topliss-reactive ketones (excluding diaryl/α,β-unsaturated/α-hetero) is 1. The van der Waals surface area contributed by atoms with Crippen molar-refractivity contribution in [3.8, 4) is 11.5 Å². The summed E-state index contributed by atoms with van der Waals surface area (Å²) < 4.78 is 36.6. The molecule has 21 heavy (non-hydrogen) atoms. The summed E-state index contributed by atoms with van der Waals surface area (Å²) in [4.78, 5) is 11.3. The Bertz CT molecular complexity index is 669. The van der Waals surface area contributed by atoms with E-state index < -0.39 is 11.6 Å². The van der Waals surface area contributed by atoms with Crippen molar-refractivity contribution in [2.24, 2.45) is 0 Å². The summed E-state index contributed by atoms with van der Waals surface area (Å²) in [6.07, 6.45) is 0. The molecule has 110 valence electrons. The normalized spacial score (nSPS) is 10.3. The topological polar surface area (TPSA) is 35.5 Å². The highest BCUT2D eigenvalue weighted by atomic mass is 19.2. The second-order valence-electron chi connectivity index (χ2n) is 4.46. The molecule has 0 saturated carbocycles. The van der Waals surface area contributed by atoms with Gasteiger partial charge in [-0.15, -0.1) is 0 Å². The molecule has 0 amide bonds. The average Bonchev–Trinajstić information content (AvgIpc) is 2.48. The van der Waals surface area contributed by atoms with Gasteiger partial charge in [-0.25, -0.2) is 8.78 Å². The van der Waals surface area contributed by atoms with Crippen LogP contribution in [0.2, 0.25) is 0 Å². The number of carbonyl (C=O) groups is 1. The molecule has 0 saturated heterocycles. The van der Waals surface area contributed by atoms with E-state index in [1.54, 1.807) is 18.2 Å². The summed E-state index contributed by atoms with van der Waals surface area (Å²) >= 11 is 0. The Balaban J connectivity index is 2.15. The van der Waals surface area contributed by atoms with Gasteiger partial charge < -0.3 is 9.47 Å². The monoisotopic (exact) mass is 292 g/mol. The van der Waals surface area contributed by atoms with Gasteiger partial charge in [0.25, 0.3) is 0 Å². The van der Waals surface area contributed by atoms with E-state index in [1.807, 2.05) is 0 Å². The molecule has 2 rings (SSSR count). The van der Waals surface area contributed by atoms with E-state index in [9.17, 15) is 13.6 Å². The lowest BCUT2D eigenvalue weighted by Gasteiger charge is -2.11. The van der Waals surface area contributed by atoms with E-state index in [-0.39, 0.29) is 12.4 Å². The van der Waals surface area contributed by atoms with E-state index in [0.29, 0.717) is 22.6 Å². The second kappa shape index (κ2) is 6.35. The summed E-state index contributed by atoms with van der Waals surface area (Å²) in [5.74, 6) is -1.07. The lowest BCUT2D eigenvalue weighted by molar-refractivity contribution is 0.101. The van der Waals surface area contributed by atoms with Crippen molar-refractivity contribution in [1.82, 2.24) is 0 Å². The molecule has 2 aromatic carbocycles. The van der Waals surface area contributed by atoms with Crippen LogP contribution in [-0.4, -0.2) is 12.9 Å². The van der Waals surface area contributed by atoms with Crippen molar-refractivity contribution in [1.29, 1.82) is 0 Å². The minimum absolute atomic E-state index is 0.0625. The Labute approximate surface area is 121 Å². The van der Waals surface area contributed by atoms with E-state index in [4.69, 9.17) is 9.47 Å². The van der Waals surface area contributed by atoms with Crippen molar-refractivity contribution in [3.05, 3.63) is 59.2 Å². The number of rotatable bonds is 5. The highest BCUT2D eigenvalue weighted by molar-refractivity contribution is 5.94. The van der Waals surface area contributed by atoms with Crippen LogP contribution in [0.4, 0.5) is 8.78 Å². The van der Waals surface area contributed by atoms with Crippen LogP contribution >= 0.6 is 0 Å². The first-order valence-corrected chi connectivity index (χ1v) is 6.27. The van der Waals surface area contributed by atoms with Gasteiger partial charge in [0, 0.05) is 5.56 Å². The molecule has 0 N–H and O–H groups in total. The third-order valence-electron chi connectivity index (χ3n) is 2.95. The third-order valence-corrected chi connectivity index (χ3v) is 2.95. The molecule has 0 heterocycles. The van der Waals surface area contributed by atoms with Crippen molar-refractivity contribution in [2.75, 3.05) is 7.11 Å². The minimum Gasteiger partial charge on any atom is -0.493 e. The maximum atomic E-state index is 13.1. The molecule has 0 radical (unpaired) electrons. The standard InChI is InChI=1S/C16H14F2O3/c1-10(19)12-4-6-15(16(8-12)20-2)21-9-11-3-5-13(17)14(18)7-11/h3-8H,9H2,1-2H3. The highest BCUT2D eigenvalue weighted by Gasteiger charge is 2.09. The summed E-state index contributed by atoms with van der Waals surface area (Å²) in [6.45, 7) is 1.52. The molecule has 0 aromatic heterocycles. The molecular formula is C16H14F2O3. The molecule has 0 atom stereocenters. The maximum absolute atomic E-state index is 13.1. The molecule has 0 aliphatic heterocycles. The van der Waals surface area contributed by atoms with Crippen LogP contribution < -0.4 is 9.47 Å². The van der Waals surface area contributed by atoms with Crippen LogP contribution in [-0.2, 0) is 6.61 Å². The van der Waals surface area contributed by atoms with Crippen LogP contribution in [0.3, 0.4) is 0 Å². The smallest absolute Gasteiger partial charge is 0.161 e. The molecule has 0 bridgehead atoms. The van der Waals surface area contributed by atoms with Crippen LogP contribution in [0.25, 0.3) is 0 Å². The van der Waals surface area contributed by atoms with Gasteiger partial charge in [-0.3, -0.25) is 4.79 Å². The summed E-state index contributed by atoms with van der Waals surface area (Å²) in [5.41, 5.74) is 0.999. The first-order valence-electron chi connectivity index (χ1n) is 6.27. The SMILES string of the molecule is COc1cc(C(C)=O)ccc1OCc1ccc(F)c(F)c1. The number of benzene rings is 2. The molecule has 0 spiro atoms. The van der Waals surface area contributed by atoms with E-state index in [1.165, 1.54) is 20.1 Å². The Morgan fingerprint density at radius 3 is 2.43 bits per heavy atom. The molecule has 0 aliphatic carbocycles. The second-order valence-corrected chi connectivity index (χ2v) is 4.46. The minimum atomic E-state index is -0.921. The number of hydrogen-bond acceptors (Lipinski definition) is 3. The summed E-state index contributed by atoms with van der Waals surface area (Å²) in [6, 6.07) is 8.36. The van der Waals surface area contributed by atoms with E-state index >= 15 is 0 Å². The van der Waals surface area contributed by atoms with Crippen LogP contribution in [0.5, 0.6) is 11.5 Å². The van der Waals surface area contributed by atoms with E-state index in [0.717, 1.165) is 12.1 Å². The molecule has 2 aromatic rings. The summed E-state index contributed by atoms with van der Waals surface area (Å²) in [7, 11) is 1.46. The largest absolute Gasteiger partial charge is 0.493 e. The number of methoxy groups -OCH3 is 1. The van der Waals surface area contributed by atoms with Gasteiger partial charge in [-0.05, 0) is 42.8 Å². The Kier molecular flexibility index (Phi) is 4.52. The first-order chi connectivity index (χ1) is 10.0. The first kappa shape index (κ1) is 15.0.